The number of alkyl halides is 2. The van der Waals surface area contributed by atoms with Crippen LogP contribution in [0, 0.1) is 0 Å². The van der Waals surface area contributed by atoms with E-state index in [1.807, 2.05) is 0 Å². The number of nitrogens with zero attached hydrogens (tertiary/aromatic N) is 1. The lowest BCUT2D eigenvalue weighted by molar-refractivity contribution is 0.0349. The highest BCUT2D eigenvalue weighted by Crippen LogP contribution is 2.40. The van der Waals surface area contributed by atoms with E-state index < -0.39 is 5.92 Å². The maximum absolute atomic E-state index is 13.8. The minimum atomic E-state index is -2.74. The van der Waals surface area contributed by atoms with Crippen molar-refractivity contribution in [1.82, 2.24) is 0 Å². The van der Waals surface area contributed by atoms with Crippen LogP contribution in [-0.2, 0) is 0 Å². The van der Waals surface area contributed by atoms with Crippen molar-refractivity contribution in [2.75, 3.05) is 7.05 Å². The van der Waals surface area contributed by atoms with Crippen molar-refractivity contribution >= 4 is 6.21 Å². The quantitative estimate of drug-likeness (QED) is 0.464. The van der Waals surface area contributed by atoms with Gasteiger partial charge in [-0.15, -0.1) is 0 Å². The van der Waals surface area contributed by atoms with Gasteiger partial charge in [0.15, 0.2) is 0 Å². The predicted octanol–water partition coefficient (Wildman–Crippen LogP) is 3.77. The molecule has 1 fully saturated rings. The summed E-state index contributed by atoms with van der Waals surface area (Å²) in [6, 6.07) is 0. The van der Waals surface area contributed by atoms with E-state index >= 15 is 0 Å². The Morgan fingerprint density at radius 2 is 2.13 bits per heavy atom. The molecule has 0 N–H and O–H groups in total. The van der Waals surface area contributed by atoms with Gasteiger partial charge in [0, 0.05) is 25.3 Å². The molecule has 1 aliphatic carbocycles. The summed E-state index contributed by atoms with van der Waals surface area (Å²) < 4.78 is 27.5. The Hall–Kier alpha value is -0.990. The molecule has 3 heteroatoms. The molecule has 0 bridgehead atoms. The second-order valence-corrected chi connectivity index (χ2v) is 3.96. The van der Waals surface area contributed by atoms with Crippen LogP contribution in [0.4, 0.5) is 8.78 Å². The normalized spacial score (nSPS) is 25.5. The van der Waals surface area contributed by atoms with Crippen LogP contribution in [0.25, 0.3) is 0 Å². The Kier molecular flexibility index (Phi) is 3.77. The summed E-state index contributed by atoms with van der Waals surface area (Å²) in [5, 5.41) is 0. The van der Waals surface area contributed by atoms with Gasteiger partial charge in [0.05, 0.1) is 0 Å². The van der Waals surface area contributed by atoms with Crippen LogP contribution in [0.3, 0.4) is 0 Å². The summed E-state index contributed by atoms with van der Waals surface area (Å²) >= 11 is 0. The van der Waals surface area contributed by atoms with E-state index in [1.165, 1.54) is 6.21 Å². The molecule has 0 aliphatic heterocycles. The lowest BCUT2D eigenvalue weighted by Crippen LogP contribution is -2.20. The van der Waals surface area contributed by atoms with Crippen molar-refractivity contribution < 1.29 is 8.78 Å². The van der Waals surface area contributed by atoms with E-state index in [-0.39, 0.29) is 12.0 Å². The van der Waals surface area contributed by atoms with Crippen LogP contribution >= 0.6 is 0 Å². The van der Waals surface area contributed by atoms with Crippen molar-refractivity contribution in [3.63, 3.8) is 0 Å². The van der Waals surface area contributed by atoms with Crippen LogP contribution in [0.5, 0.6) is 0 Å². The molecule has 0 saturated heterocycles. The first-order valence-corrected chi connectivity index (χ1v) is 5.18. The van der Waals surface area contributed by atoms with Crippen LogP contribution in [0.15, 0.2) is 28.3 Å². The van der Waals surface area contributed by atoms with E-state index in [0.717, 1.165) is 6.42 Å². The number of aliphatic imine (C=N–C) groups is 1. The van der Waals surface area contributed by atoms with Crippen LogP contribution < -0.4 is 0 Å². The average Bonchev–Trinajstić information content (AvgIpc) is 2.24. The molecule has 0 unspecified atom stereocenters. The summed E-state index contributed by atoms with van der Waals surface area (Å²) in [6.45, 7) is 5.43. The number of halogens is 2. The Balaban J connectivity index is 3.18. The minimum Gasteiger partial charge on any atom is -0.296 e. The molecular weight excluding hydrogens is 196 g/mol. The van der Waals surface area contributed by atoms with Gasteiger partial charge in [0.1, 0.15) is 0 Å². The van der Waals surface area contributed by atoms with Crippen molar-refractivity contribution in [1.29, 1.82) is 0 Å². The molecule has 0 aromatic rings. The van der Waals surface area contributed by atoms with Crippen LogP contribution in [-0.4, -0.2) is 19.2 Å². The highest BCUT2D eigenvalue weighted by Gasteiger charge is 2.37. The standard InChI is InChI=1S/C12H17F2N/c1-9-6-4-5-7-12(13,14)11(9)10(2)8-15-3/h8H,1,4-7H2,2-3H3/b11-10+,15-8-. The van der Waals surface area contributed by atoms with E-state index in [4.69, 9.17) is 0 Å². The Labute approximate surface area is 89.6 Å². The molecular formula is C12H17F2N. The molecule has 0 aromatic heterocycles. The third-order valence-corrected chi connectivity index (χ3v) is 2.66. The number of hydrogen-bond donors (Lipinski definition) is 0. The molecule has 0 spiro atoms. The van der Waals surface area contributed by atoms with Crippen molar-refractivity contribution in [2.45, 2.75) is 38.5 Å². The summed E-state index contributed by atoms with van der Waals surface area (Å²) in [5.74, 6) is -2.74. The summed E-state index contributed by atoms with van der Waals surface area (Å²) in [7, 11) is 1.58. The van der Waals surface area contributed by atoms with Crippen molar-refractivity contribution in [2.24, 2.45) is 4.99 Å². The first-order valence-electron chi connectivity index (χ1n) is 5.18. The lowest BCUT2D eigenvalue weighted by Gasteiger charge is -2.20. The van der Waals surface area contributed by atoms with Gasteiger partial charge < -0.3 is 0 Å². The molecule has 15 heavy (non-hydrogen) atoms. The number of rotatable bonds is 1. The summed E-state index contributed by atoms with van der Waals surface area (Å²) in [5.41, 5.74) is 1.20. The second-order valence-electron chi connectivity index (χ2n) is 3.96. The molecule has 1 saturated carbocycles. The van der Waals surface area contributed by atoms with Gasteiger partial charge in [-0.25, -0.2) is 8.78 Å². The van der Waals surface area contributed by atoms with Crippen molar-refractivity contribution in [3.05, 3.63) is 23.3 Å². The maximum atomic E-state index is 13.8. The minimum absolute atomic E-state index is 0.0732. The molecule has 0 amide bonds. The maximum Gasteiger partial charge on any atom is 0.273 e. The van der Waals surface area contributed by atoms with Gasteiger partial charge in [0.25, 0.3) is 5.92 Å². The van der Waals surface area contributed by atoms with Gasteiger partial charge in [-0.2, -0.15) is 0 Å². The van der Waals surface area contributed by atoms with Crippen LogP contribution in [0.1, 0.15) is 32.6 Å². The van der Waals surface area contributed by atoms with Crippen molar-refractivity contribution in [3.8, 4) is 0 Å². The fraction of sp³-hybridized carbons (Fsp3) is 0.583. The first-order chi connectivity index (χ1) is 6.99. The molecule has 0 atom stereocenters. The van der Waals surface area contributed by atoms with Gasteiger partial charge in [-0.05, 0) is 37.3 Å². The zero-order valence-corrected chi connectivity index (χ0v) is 9.32. The molecule has 1 aliphatic rings. The largest absolute Gasteiger partial charge is 0.296 e. The molecule has 1 rings (SSSR count). The first kappa shape index (κ1) is 12.1. The molecule has 0 aromatic carbocycles. The van der Waals surface area contributed by atoms with E-state index in [1.54, 1.807) is 14.0 Å². The zero-order chi connectivity index (χ0) is 11.5. The van der Waals surface area contributed by atoms with E-state index in [2.05, 4.69) is 11.6 Å². The Morgan fingerprint density at radius 3 is 2.73 bits per heavy atom. The van der Waals surface area contributed by atoms with Crippen LogP contribution in [0.2, 0.25) is 0 Å². The number of hydrogen-bond acceptors (Lipinski definition) is 1. The molecule has 0 radical (unpaired) electrons. The Bertz CT molecular complexity index is 314. The number of allylic oxidation sites excluding steroid dienone is 3. The zero-order valence-electron chi connectivity index (χ0n) is 9.32. The third-order valence-electron chi connectivity index (χ3n) is 2.66. The fourth-order valence-corrected chi connectivity index (χ4v) is 2.02. The second kappa shape index (κ2) is 4.69. The molecule has 84 valence electrons. The van der Waals surface area contributed by atoms with Gasteiger partial charge in [0.2, 0.25) is 0 Å². The van der Waals surface area contributed by atoms with E-state index in [9.17, 15) is 8.78 Å². The smallest absolute Gasteiger partial charge is 0.273 e. The average molecular weight is 213 g/mol. The SMILES string of the molecule is C=C1CCCCC(F)(F)/C1=C(C)/C=N\C. The fourth-order valence-electron chi connectivity index (χ4n) is 2.02. The Morgan fingerprint density at radius 1 is 1.47 bits per heavy atom. The summed E-state index contributed by atoms with van der Waals surface area (Å²) in [4.78, 5) is 3.78. The molecule has 1 nitrogen and oxygen atoms in total. The highest BCUT2D eigenvalue weighted by molar-refractivity contribution is 5.80. The van der Waals surface area contributed by atoms with Gasteiger partial charge in [-0.3, -0.25) is 4.99 Å². The lowest BCUT2D eigenvalue weighted by atomic mass is 9.95. The molecule has 0 heterocycles. The van der Waals surface area contributed by atoms with E-state index in [0.29, 0.717) is 24.0 Å². The summed E-state index contributed by atoms with van der Waals surface area (Å²) in [6.07, 6.45) is 3.44. The third kappa shape index (κ3) is 2.74. The topological polar surface area (TPSA) is 12.4 Å². The van der Waals surface area contributed by atoms with Gasteiger partial charge >= 0.3 is 0 Å². The van der Waals surface area contributed by atoms with Gasteiger partial charge in [-0.1, -0.05) is 6.58 Å². The predicted molar refractivity (Wildman–Crippen MR) is 59.7 cm³/mol. The monoisotopic (exact) mass is 213 g/mol. The highest BCUT2D eigenvalue weighted by atomic mass is 19.3.